The molecule has 0 spiro atoms. The van der Waals surface area contributed by atoms with E-state index in [9.17, 15) is 0 Å². The summed E-state index contributed by atoms with van der Waals surface area (Å²) in [5.41, 5.74) is 4.82. The van der Waals surface area contributed by atoms with Gasteiger partial charge in [0, 0.05) is 0 Å². The normalized spacial score (nSPS) is 18.8. The maximum absolute atomic E-state index is 2.44. The van der Waals surface area contributed by atoms with E-state index < -0.39 is 0 Å². The third kappa shape index (κ3) is 2.36. The summed E-state index contributed by atoms with van der Waals surface area (Å²) in [6.45, 7) is 4.88. The van der Waals surface area contributed by atoms with Crippen LogP contribution in [0.1, 0.15) is 36.5 Å². The van der Waals surface area contributed by atoms with Crippen LogP contribution in [0, 0.1) is 5.41 Å². The van der Waals surface area contributed by atoms with Gasteiger partial charge in [-0.25, -0.2) is 0 Å². The van der Waals surface area contributed by atoms with E-state index in [1.165, 1.54) is 32.7 Å². The van der Waals surface area contributed by atoms with Crippen molar-refractivity contribution in [2.45, 2.75) is 32.6 Å². The van der Waals surface area contributed by atoms with Crippen LogP contribution in [-0.4, -0.2) is 0 Å². The predicted octanol–water partition coefficient (Wildman–Crippen LogP) is 6.90. The minimum atomic E-state index is 0.258. The Bertz CT molecular complexity index is 1100. The highest BCUT2D eigenvalue weighted by molar-refractivity contribution is 6.08. The summed E-state index contributed by atoms with van der Waals surface area (Å²) in [6, 6.07) is 29.2. The zero-order valence-electron chi connectivity index (χ0n) is 15.5. The van der Waals surface area contributed by atoms with Gasteiger partial charge in [0.15, 0.2) is 0 Å². The molecule has 4 aromatic carbocycles. The fraction of sp³-hybridized carbons (Fsp3) is 0.231. The Morgan fingerprint density at radius 2 is 1.42 bits per heavy atom. The third-order valence-electron chi connectivity index (χ3n) is 6.34. The summed E-state index contributed by atoms with van der Waals surface area (Å²) in [4.78, 5) is 0. The molecule has 0 nitrogen and oxygen atoms in total. The van der Waals surface area contributed by atoms with Crippen molar-refractivity contribution in [2.75, 3.05) is 0 Å². The fourth-order valence-corrected chi connectivity index (χ4v) is 4.93. The van der Waals surface area contributed by atoms with E-state index in [2.05, 4.69) is 92.7 Å². The smallest absolute Gasteiger partial charge is 0.00669 e. The van der Waals surface area contributed by atoms with Gasteiger partial charge in [0.25, 0.3) is 0 Å². The maximum Gasteiger partial charge on any atom is -0.00669 e. The van der Waals surface area contributed by atoms with Crippen LogP contribution in [0.4, 0.5) is 0 Å². The fourth-order valence-electron chi connectivity index (χ4n) is 4.93. The number of fused-ring (bicyclic) bond motifs is 5. The molecular formula is C26H24. The summed E-state index contributed by atoms with van der Waals surface area (Å²) in [7, 11) is 0. The molecule has 0 saturated heterocycles. The molecule has 0 fully saturated rings. The lowest BCUT2D eigenvalue weighted by Gasteiger charge is -2.40. The van der Waals surface area contributed by atoms with Gasteiger partial charge in [0.05, 0.1) is 0 Å². The summed E-state index contributed by atoms with van der Waals surface area (Å²) in [5.74, 6) is 0.578. The monoisotopic (exact) mass is 336 g/mol. The Kier molecular flexibility index (Phi) is 3.43. The topological polar surface area (TPSA) is 0 Å². The van der Waals surface area contributed by atoms with E-state index in [1.807, 2.05) is 0 Å². The van der Waals surface area contributed by atoms with Gasteiger partial charge in [-0.15, -0.1) is 0 Å². The van der Waals surface area contributed by atoms with E-state index in [-0.39, 0.29) is 5.41 Å². The Hall–Kier alpha value is -2.60. The van der Waals surface area contributed by atoms with Crippen LogP contribution in [0.3, 0.4) is 0 Å². The van der Waals surface area contributed by atoms with Crippen LogP contribution < -0.4 is 0 Å². The molecule has 0 N–H and O–H groups in total. The first-order valence-electron chi connectivity index (χ1n) is 9.61. The molecule has 4 aromatic rings. The molecule has 1 aliphatic carbocycles. The Labute approximate surface area is 155 Å². The molecule has 1 aliphatic rings. The average Bonchev–Trinajstić information content (AvgIpc) is 2.67. The molecule has 0 aromatic heterocycles. The van der Waals surface area contributed by atoms with Crippen molar-refractivity contribution < 1.29 is 0 Å². The van der Waals surface area contributed by atoms with Gasteiger partial charge in [-0.05, 0) is 62.4 Å². The van der Waals surface area contributed by atoms with Gasteiger partial charge < -0.3 is 0 Å². The van der Waals surface area contributed by atoms with Crippen molar-refractivity contribution >= 4 is 21.5 Å². The highest BCUT2D eigenvalue weighted by Crippen LogP contribution is 2.47. The van der Waals surface area contributed by atoms with Crippen LogP contribution in [0.5, 0.6) is 0 Å². The SMILES string of the molecule is CC1(C)Cc2c(ccc3c2ccc2ccccc23)CC1c1ccccc1. The highest BCUT2D eigenvalue weighted by atomic mass is 14.4. The molecule has 128 valence electrons. The molecule has 0 aliphatic heterocycles. The van der Waals surface area contributed by atoms with E-state index in [1.54, 1.807) is 5.56 Å². The lowest BCUT2D eigenvalue weighted by atomic mass is 9.63. The third-order valence-corrected chi connectivity index (χ3v) is 6.34. The van der Waals surface area contributed by atoms with Crippen molar-refractivity contribution in [3.05, 3.63) is 95.6 Å². The molecule has 0 bridgehead atoms. The van der Waals surface area contributed by atoms with E-state index in [4.69, 9.17) is 0 Å². The van der Waals surface area contributed by atoms with Gasteiger partial charge in [-0.2, -0.15) is 0 Å². The molecule has 1 unspecified atom stereocenters. The first-order valence-corrected chi connectivity index (χ1v) is 9.61. The summed E-state index contributed by atoms with van der Waals surface area (Å²) < 4.78 is 0. The van der Waals surface area contributed by atoms with Gasteiger partial charge in [-0.3, -0.25) is 0 Å². The van der Waals surface area contributed by atoms with Crippen molar-refractivity contribution in [1.82, 2.24) is 0 Å². The minimum Gasteiger partial charge on any atom is -0.0622 e. The molecule has 0 saturated carbocycles. The number of benzene rings is 4. The van der Waals surface area contributed by atoms with Crippen LogP contribution in [-0.2, 0) is 12.8 Å². The van der Waals surface area contributed by atoms with Crippen LogP contribution in [0.2, 0.25) is 0 Å². The van der Waals surface area contributed by atoms with Crippen LogP contribution >= 0.6 is 0 Å². The average molecular weight is 336 g/mol. The van der Waals surface area contributed by atoms with Crippen LogP contribution in [0.25, 0.3) is 21.5 Å². The Balaban J connectivity index is 1.70. The summed E-state index contributed by atoms with van der Waals surface area (Å²) in [6.07, 6.45) is 2.27. The minimum absolute atomic E-state index is 0.258. The molecule has 1 atom stereocenters. The van der Waals surface area contributed by atoms with E-state index >= 15 is 0 Å². The van der Waals surface area contributed by atoms with Crippen molar-refractivity contribution in [1.29, 1.82) is 0 Å². The lowest BCUT2D eigenvalue weighted by Crippen LogP contribution is -2.31. The first kappa shape index (κ1) is 15.6. The standard InChI is InChI=1S/C26H24/c1-26(2)17-24-20(16-25(26)19-9-4-3-5-10-19)13-15-22-21-11-7-6-8-18(21)12-14-23(22)24/h3-15,25H,16-17H2,1-2H3. The second kappa shape index (κ2) is 5.71. The Morgan fingerprint density at radius 1 is 0.692 bits per heavy atom. The van der Waals surface area contributed by atoms with Gasteiger partial charge >= 0.3 is 0 Å². The molecular weight excluding hydrogens is 312 g/mol. The number of hydrogen-bond donors (Lipinski definition) is 0. The van der Waals surface area contributed by atoms with Crippen molar-refractivity contribution in [3.63, 3.8) is 0 Å². The summed E-state index contributed by atoms with van der Waals surface area (Å²) in [5, 5.41) is 5.55. The quantitative estimate of drug-likeness (QED) is 0.332. The second-order valence-corrected chi connectivity index (χ2v) is 8.42. The van der Waals surface area contributed by atoms with Crippen LogP contribution in [0.15, 0.2) is 78.9 Å². The Morgan fingerprint density at radius 3 is 2.27 bits per heavy atom. The molecule has 0 amide bonds. The maximum atomic E-state index is 2.44. The molecule has 0 heteroatoms. The molecule has 26 heavy (non-hydrogen) atoms. The van der Waals surface area contributed by atoms with E-state index in [0.717, 1.165) is 12.8 Å². The van der Waals surface area contributed by atoms with Gasteiger partial charge in [-0.1, -0.05) is 92.7 Å². The highest BCUT2D eigenvalue weighted by Gasteiger charge is 2.36. The largest absolute Gasteiger partial charge is 0.0622 e. The molecule has 0 radical (unpaired) electrons. The number of rotatable bonds is 1. The van der Waals surface area contributed by atoms with Crippen molar-refractivity contribution in [2.24, 2.45) is 5.41 Å². The lowest BCUT2D eigenvalue weighted by molar-refractivity contribution is 0.264. The predicted molar refractivity (Wildman–Crippen MR) is 112 cm³/mol. The zero-order chi connectivity index (χ0) is 17.7. The van der Waals surface area contributed by atoms with Gasteiger partial charge in [0.2, 0.25) is 0 Å². The van der Waals surface area contributed by atoms with E-state index in [0.29, 0.717) is 5.92 Å². The summed E-state index contributed by atoms with van der Waals surface area (Å²) >= 11 is 0. The number of hydrogen-bond acceptors (Lipinski definition) is 0. The first-order chi connectivity index (χ1) is 12.6. The second-order valence-electron chi connectivity index (χ2n) is 8.42. The zero-order valence-corrected chi connectivity index (χ0v) is 15.5. The van der Waals surface area contributed by atoms with Gasteiger partial charge in [0.1, 0.15) is 0 Å². The molecule has 0 heterocycles. The van der Waals surface area contributed by atoms with Crippen molar-refractivity contribution in [3.8, 4) is 0 Å². The molecule has 5 rings (SSSR count).